The molecule has 0 bridgehead atoms. The minimum atomic E-state index is 0.300. The van der Waals surface area contributed by atoms with Gasteiger partial charge in [0.1, 0.15) is 5.75 Å². The summed E-state index contributed by atoms with van der Waals surface area (Å²) < 4.78 is 5.14. The van der Waals surface area contributed by atoms with E-state index >= 15 is 0 Å². The number of carbonyl (C=O) groups excluding carboxylic acids is 1. The Hall–Kier alpha value is -1.55. The second-order valence-electron chi connectivity index (χ2n) is 5.92. The van der Waals surface area contributed by atoms with Gasteiger partial charge in [0, 0.05) is 32.1 Å². The van der Waals surface area contributed by atoms with Crippen molar-refractivity contribution in [3.63, 3.8) is 0 Å². The number of hydrogen-bond donors (Lipinski definition) is 1. The average molecular weight is 304 g/mol. The second kappa shape index (κ2) is 8.79. The molecule has 0 spiro atoms. The zero-order chi connectivity index (χ0) is 15.8. The minimum absolute atomic E-state index is 0.300. The molecule has 0 saturated carbocycles. The molecule has 1 fully saturated rings. The fourth-order valence-electron chi connectivity index (χ4n) is 3.07. The van der Waals surface area contributed by atoms with Crippen molar-refractivity contribution >= 4 is 5.91 Å². The zero-order valence-electron chi connectivity index (χ0n) is 13.8. The van der Waals surface area contributed by atoms with E-state index in [0.29, 0.717) is 18.4 Å². The largest absolute Gasteiger partial charge is 0.497 e. The molecular formula is C18H28N2O2. The topological polar surface area (TPSA) is 41.6 Å². The van der Waals surface area contributed by atoms with E-state index in [9.17, 15) is 4.79 Å². The van der Waals surface area contributed by atoms with E-state index < -0.39 is 0 Å². The summed E-state index contributed by atoms with van der Waals surface area (Å²) in [6, 6.07) is 8.48. The average Bonchev–Trinajstić information content (AvgIpc) is 2.59. The normalized spacial score (nSPS) is 18.3. The van der Waals surface area contributed by atoms with Crippen LogP contribution in [0.15, 0.2) is 24.3 Å². The second-order valence-corrected chi connectivity index (χ2v) is 5.92. The van der Waals surface area contributed by atoms with Gasteiger partial charge in [-0.25, -0.2) is 0 Å². The Balaban J connectivity index is 1.69. The molecule has 22 heavy (non-hydrogen) atoms. The third-order valence-corrected chi connectivity index (χ3v) is 4.42. The quantitative estimate of drug-likeness (QED) is 0.787. The highest BCUT2D eigenvalue weighted by Gasteiger charge is 2.24. The summed E-state index contributed by atoms with van der Waals surface area (Å²) in [5.41, 5.74) is 1.21. The molecule has 1 aromatic rings. The van der Waals surface area contributed by atoms with Crippen molar-refractivity contribution in [3.8, 4) is 5.75 Å². The molecule has 2 rings (SSSR count). The van der Waals surface area contributed by atoms with E-state index in [1.165, 1.54) is 18.4 Å². The first-order valence-corrected chi connectivity index (χ1v) is 8.37. The predicted octanol–water partition coefficient (Wildman–Crippen LogP) is 2.97. The van der Waals surface area contributed by atoms with E-state index in [0.717, 1.165) is 38.2 Å². The number of rotatable bonds is 7. The maximum Gasteiger partial charge on any atom is 0.224 e. The lowest BCUT2D eigenvalue weighted by molar-refractivity contribution is -0.134. The Morgan fingerprint density at radius 2 is 2.09 bits per heavy atom. The highest BCUT2D eigenvalue weighted by Crippen LogP contribution is 2.20. The molecule has 1 unspecified atom stereocenters. The predicted molar refractivity (Wildman–Crippen MR) is 89.0 cm³/mol. The molecule has 1 amide bonds. The van der Waals surface area contributed by atoms with Crippen LogP contribution in [0.4, 0.5) is 0 Å². The number of carbonyl (C=O) groups is 1. The van der Waals surface area contributed by atoms with E-state index in [-0.39, 0.29) is 0 Å². The number of hydrogen-bond acceptors (Lipinski definition) is 3. The third-order valence-electron chi connectivity index (χ3n) is 4.42. The van der Waals surface area contributed by atoms with Crippen LogP contribution >= 0.6 is 0 Å². The van der Waals surface area contributed by atoms with Crippen LogP contribution in [0.5, 0.6) is 5.75 Å². The van der Waals surface area contributed by atoms with Crippen LogP contribution in [0, 0.1) is 0 Å². The number of ether oxygens (including phenoxy) is 1. The van der Waals surface area contributed by atoms with Gasteiger partial charge in [0.2, 0.25) is 5.91 Å². The summed E-state index contributed by atoms with van der Waals surface area (Å²) in [6.07, 6.45) is 5.25. The van der Waals surface area contributed by atoms with Crippen molar-refractivity contribution in [1.82, 2.24) is 10.2 Å². The van der Waals surface area contributed by atoms with Crippen molar-refractivity contribution in [2.45, 2.75) is 51.6 Å². The summed E-state index contributed by atoms with van der Waals surface area (Å²) in [6.45, 7) is 4.64. The lowest BCUT2D eigenvalue weighted by atomic mass is 9.99. The smallest absolute Gasteiger partial charge is 0.224 e. The molecule has 1 aliphatic heterocycles. The number of likely N-dealkylation sites (tertiary alicyclic amines) is 1. The SMILES string of the molecule is CCC1CCCCN1C(=O)CCNCc1ccc(OC)cc1. The lowest BCUT2D eigenvalue weighted by Gasteiger charge is -2.35. The van der Waals surface area contributed by atoms with E-state index in [1.807, 2.05) is 24.3 Å². The Morgan fingerprint density at radius 1 is 1.32 bits per heavy atom. The first kappa shape index (κ1) is 16.8. The first-order valence-electron chi connectivity index (χ1n) is 8.37. The monoisotopic (exact) mass is 304 g/mol. The van der Waals surface area contributed by atoms with Gasteiger partial charge in [0.25, 0.3) is 0 Å². The molecule has 4 nitrogen and oxygen atoms in total. The molecule has 1 aliphatic rings. The summed E-state index contributed by atoms with van der Waals surface area (Å²) in [7, 11) is 1.67. The molecule has 0 aliphatic carbocycles. The summed E-state index contributed by atoms with van der Waals surface area (Å²) in [4.78, 5) is 14.4. The Morgan fingerprint density at radius 3 is 2.77 bits per heavy atom. The van der Waals surface area contributed by atoms with Gasteiger partial charge in [0.15, 0.2) is 0 Å². The Labute approximate surface area is 133 Å². The van der Waals surface area contributed by atoms with Crippen molar-refractivity contribution in [3.05, 3.63) is 29.8 Å². The maximum absolute atomic E-state index is 12.3. The molecule has 1 saturated heterocycles. The fourth-order valence-corrected chi connectivity index (χ4v) is 3.07. The van der Waals surface area contributed by atoms with Gasteiger partial charge < -0.3 is 15.0 Å². The number of piperidine rings is 1. The molecule has 122 valence electrons. The molecule has 1 atom stereocenters. The van der Waals surface area contributed by atoms with Gasteiger partial charge in [-0.3, -0.25) is 4.79 Å². The number of methoxy groups -OCH3 is 1. The Bertz CT molecular complexity index is 459. The van der Waals surface area contributed by atoms with Crippen LogP contribution in [-0.2, 0) is 11.3 Å². The number of nitrogens with one attached hydrogen (secondary N) is 1. The number of amides is 1. The molecular weight excluding hydrogens is 276 g/mol. The minimum Gasteiger partial charge on any atom is -0.497 e. The standard InChI is InChI=1S/C18H28N2O2/c1-3-16-6-4-5-13-20(16)18(21)11-12-19-14-15-7-9-17(22-2)10-8-15/h7-10,16,19H,3-6,11-14H2,1-2H3. The lowest BCUT2D eigenvalue weighted by Crippen LogP contribution is -2.44. The zero-order valence-corrected chi connectivity index (χ0v) is 13.8. The van der Waals surface area contributed by atoms with Crippen molar-refractivity contribution in [2.75, 3.05) is 20.2 Å². The number of benzene rings is 1. The third kappa shape index (κ3) is 4.73. The van der Waals surface area contributed by atoms with Crippen LogP contribution in [0.1, 0.15) is 44.6 Å². The van der Waals surface area contributed by atoms with Crippen molar-refractivity contribution in [2.24, 2.45) is 0 Å². The molecule has 4 heteroatoms. The molecule has 1 heterocycles. The van der Waals surface area contributed by atoms with Crippen LogP contribution in [0.25, 0.3) is 0 Å². The van der Waals surface area contributed by atoms with Crippen LogP contribution in [-0.4, -0.2) is 37.0 Å². The van der Waals surface area contributed by atoms with Crippen LogP contribution in [0.3, 0.4) is 0 Å². The summed E-state index contributed by atoms with van der Waals surface area (Å²) in [5, 5.41) is 3.35. The van der Waals surface area contributed by atoms with Crippen molar-refractivity contribution in [1.29, 1.82) is 0 Å². The highest BCUT2D eigenvalue weighted by molar-refractivity contribution is 5.76. The van der Waals surface area contributed by atoms with Gasteiger partial charge in [-0.15, -0.1) is 0 Å². The first-order chi connectivity index (χ1) is 10.7. The number of nitrogens with zero attached hydrogens (tertiary/aromatic N) is 1. The highest BCUT2D eigenvalue weighted by atomic mass is 16.5. The summed E-state index contributed by atoms with van der Waals surface area (Å²) in [5.74, 6) is 1.17. The fraction of sp³-hybridized carbons (Fsp3) is 0.611. The van der Waals surface area contributed by atoms with E-state index in [2.05, 4.69) is 17.1 Å². The van der Waals surface area contributed by atoms with Gasteiger partial charge in [-0.1, -0.05) is 19.1 Å². The summed E-state index contributed by atoms with van der Waals surface area (Å²) >= 11 is 0. The van der Waals surface area contributed by atoms with Gasteiger partial charge in [-0.05, 0) is 43.4 Å². The molecule has 0 aromatic heterocycles. The van der Waals surface area contributed by atoms with Gasteiger partial charge >= 0.3 is 0 Å². The molecule has 0 radical (unpaired) electrons. The Kier molecular flexibility index (Phi) is 6.72. The maximum atomic E-state index is 12.3. The van der Waals surface area contributed by atoms with Crippen molar-refractivity contribution < 1.29 is 9.53 Å². The van der Waals surface area contributed by atoms with Crippen LogP contribution < -0.4 is 10.1 Å². The molecule has 1 aromatic carbocycles. The van der Waals surface area contributed by atoms with E-state index in [4.69, 9.17) is 4.74 Å². The molecule has 1 N–H and O–H groups in total. The van der Waals surface area contributed by atoms with Crippen LogP contribution in [0.2, 0.25) is 0 Å². The van der Waals surface area contributed by atoms with Gasteiger partial charge in [-0.2, -0.15) is 0 Å². The van der Waals surface area contributed by atoms with E-state index in [1.54, 1.807) is 7.11 Å². The van der Waals surface area contributed by atoms with Gasteiger partial charge in [0.05, 0.1) is 7.11 Å².